The fraction of sp³-hybridized carbons (Fsp3) is 0.167. The second-order valence-corrected chi connectivity index (χ2v) is 5.91. The zero-order chi connectivity index (χ0) is 20.4. The van der Waals surface area contributed by atoms with Crippen molar-refractivity contribution in [3.8, 4) is 11.3 Å². The first-order chi connectivity index (χ1) is 13.3. The SMILES string of the molecule is COC(=O)CN1C(=O)N/C(=C/c2ccc(-c3cc([N+](=O)[O-])ccc3C)o2)C1=O. The van der Waals surface area contributed by atoms with Gasteiger partial charge < -0.3 is 14.5 Å². The molecule has 2 heterocycles. The van der Waals surface area contributed by atoms with Crippen LogP contribution < -0.4 is 5.32 Å². The van der Waals surface area contributed by atoms with Gasteiger partial charge in [-0.15, -0.1) is 0 Å². The van der Waals surface area contributed by atoms with Crippen LogP contribution >= 0.6 is 0 Å². The highest BCUT2D eigenvalue weighted by Crippen LogP contribution is 2.30. The molecule has 1 saturated heterocycles. The minimum Gasteiger partial charge on any atom is -0.468 e. The van der Waals surface area contributed by atoms with Gasteiger partial charge >= 0.3 is 12.0 Å². The number of rotatable bonds is 5. The quantitative estimate of drug-likeness (QED) is 0.274. The Morgan fingerprint density at radius 1 is 1.32 bits per heavy atom. The first-order valence-electron chi connectivity index (χ1n) is 8.06. The number of urea groups is 1. The maximum absolute atomic E-state index is 12.3. The van der Waals surface area contributed by atoms with E-state index in [1.807, 2.05) is 0 Å². The number of carbonyl (C=O) groups is 3. The monoisotopic (exact) mass is 385 g/mol. The van der Waals surface area contributed by atoms with E-state index in [4.69, 9.17) is 4.42 Å². The summed E-state index contributed by atoms with van der Waals surface area (Å²) in [7, 11) is 1.15. The van der Waals surface area contributed by atoms with Gasteiger partial charge in [0.2, 0.25) is 0 Å². The molecule has 0 aliphatic carbocycles. The molecule has 2 aromatic rings. The molecule has 0 radical (unpaired) electrons. The van der Waals surface area contributed by atoms with Gasteiger partial charge in [-0.25, -0.2) is 9.69 Å². The van der Waals surface area contributed by atoms with Crippen molar-refractivity contribution in [2.24, 2.45) is 0 Å². The van der Waals surface area contributed by atoms with Gasteiger partial charge in [-0.2, -0.15) is 0 Å². The molecule has 1 aromatic heterocycles. The smallest absolute Gasteiger partial charge is 0.329 e. The Balaban J connectivity index is 1.86. The van der Waals surface area contributed by atoms with Gasteiger partial charge in [0.1, 0.15) is 23.8 Å². The van der Waals surface area contributed by atoms with Crippen molar-refractivity contribution in [3.63, 3.8) is 0 Å². The lowest BCUT2D eigenvalue weighted by atomic mass is 10.1. The van der Waals surface area contributed by atoms with Gasteiger partial charge in [-0.05, 0) is 24.6 Å². The molecule has 1 aromatic carbocycles. The van der Waals surface area contributed by atoms with Gasteiger partial charge in [0.05, 0.1) is 12.0 Å². The Labute approximate surface area is 158 Å². The molecule has 0 bridgehead atoms. The standard InChI is InChI=1S/C18H15N3O7/c1-10-3-4-11(21(25)26)7-13(10)15-6-5-12(28-15)8-14-17(23)20(18(24)19-14)9-16(22)27-2/h3-8H,9H2,1-2H3,(H,19,24)/b14-8+. The van der Waals surface area contributed by atoms with Crippen molar-refractivity contribution in [1.82, 2.24) is 10.2 Å². The molecule has 0 spiro atoms. The number of amides is 3. The predicted octanol–water partition coefficient (Wildman–Crippen LogP) is 2.23. The summed E-state index contributed by atoms with van der Waals surface area (Å²) in [6, 6.07) is 6.82. The van der Waals surface area contributed by atoms with Gasteiger partial charge in [-0.1, -0.05) is 6.07 Å². The number of ether oxygens (including phenoxy) is 1. The number of aryl methyl sites for hydroxylation is 1. The maximum Gasteiger partial charge on any atom is 0.329 e. The van der Waals surface area contributed by atoms with E-state index in [-0.39, 0.29) is 17.1 Å². The second kappa shape index (κ2) is 7.35. The highest BCUT2D eigenvalue weighted by atomic mass is 16.6. The molecule has 1 fully saturated rings. The zero-order valence-corrected chi connectivity index (χ0v) is 14.9. The molecule has 1 aliphatic heterocycles. The fourth-order valence-corrected chi connectivity index (χ4v) is 2.62. The number of hydrogen-bond donors (Lipinski definition) is 1. The molecule has 0 saturated carbocycles. The Kier molecular flexibility index (Phi) is 4.94. The molecule has 28 heavy (non-hydrogen) atoms. The number of nitro groups is 1. The van der Waals surface area contributed by atoms with Gasteiger partial charge in [0.15, 0.2) is 0 Å². The number of non-ortho nitro benzene ring substituents is 1. The van der Waals surface area contributed by atoms with Gasteiger partial charge in [-0.3, -0.25) is 19.7 Å². The van der Waals surface area contributed by atoms with Crippen molar-refractivity contribution in [1.29, 1.82) is 0 Å². The van der Waals surface area contributed by atoms with Crippen LogP contribution in [-0.2, 0) is 14.3 Å². The summed E-state index contributed by atoms with van der Waals surface area (Å²) < 4.78 is 10.1. The summed E-state index contributed by atoms with van der Waals surface area (Å²) in [4.78, 5) is 46.6. The van der Waals surface area contributed by atoms with E-state index >= 15 is 0 Å². The topological polar surface area (TPSA) is 132 Å². The lowest BCUT2D eigenvalue weighted by Crippen LogP contribution is -2.36. The highest BCUT2D eigenvalue weighted by Gasteiger charge is 2.35. The van der Waals surface area contributed by atoms with Crippen LogP contribution in [0.3, 0.4) is 0 Å². The van der Waals surface area contributed by atoms with Crippen LogP contribution in [0.15, 0.2) is 40.4 Å². The Bertz CT molecular complexity index is 1020. The third kappa shape index (κ3) is 3.61. The predicted molar refractivity (Wildman–Crippen MR) is 95.8 cm³/mol. The lowest BCUT2D eigenvalue weighted by Gasteiger charge is -2.08. The van der Waals surface area contributed by atoms with Crippen LogP contribution in [0.4, 0.5) is 10.5 Å². The lowest BCUT2D eigenvalue weighted by molar-refractivity contribution is -0.384. The zero-order valence-electron chi connectivity index (χ0n) is 14.9. The van der Waals surface area contributed by atoms with Crippen molar-refractivity contribution >= 4 is 29.7 Å². The van der Waals surface area contributed by atoms with Crippen LogP contribution in [0.1, 0.15) is 11.3 Å². The van der Waals surface area contributed by atoms with E-state index in [0.29, 0.717) is 16.2 Å². The van der Waals surface area contributed by atoms with Crippen molar-refractivity contribution in [3.05, 3.63) is 57.5 Å². The highest BCUT2D eigenvalue weighted by molar-refractivity contribution is 6.15. The third-order valence-corrected chi connectivity index (χ3v) is 4.09. The number of carbonyl (C=O) groups excluding carboxylic acids is 3. The molecule has 1 N–H and O–H groups in total. The molecule has 1 aliphatic rings. The molecular formula is C18H15N3O7. The van der Waals surface area contributed by atoms with Crippen LogP contribution in [0.5, 0.6) is 0 Å². The average Bonchev–Trinajstić information content (AvgIpc) is 3.22. The number of esters is 1. The van der Waals surface area contributed by atoms with Crippen molar-refractivity contribution < 1.29 is 28.5 Å². The molecule has 3 rings (SSSR count). The normalized spacial score (nSPS) is 15.1. The van der Waals surface area contributed by atoms with Crippen LogP contribution in [0, 0.1) is 17.0 Å². The van der Waals surface area contributed by atoms with Crippen molar-refractivity contribution in [2.75, 3.05) is 13.7 Å². The van der Waals surface area contributed by atoms with Crippen molar-refractivity contribution in [2.45, 2.75) is 6.92 Å². The number of benzene rings is 1. The molecular weight excluding hydrogens is 370 g/mol. The summed E-state index contributed by atoms with van der Waals surface area (Å²) in [6.07, 6.45) is 1.31. The third-order valence-electron chi connectivity index (χ3n) is 4.09. The summed E-state index contributed by atoms with van der Waals surface area (Å²) in [5, 5.41) is 13.3. The number of imide groups is 1. The number of nitrogens with one attached hydrogen (secondary N) is 1. The summed E-state index contributed by atoms with van der Waals surface area (Å²) >= 11 is 0. The first-order valence-corrected chi connectivity index (χ1v) is 8.06. The number of furan rings is 1. The molecule has 0 atom stereocenters. The minimum absolute atomic E-state index is 0.0643. The second-order valence-electron chi connectivity index (χ2n) is 5.91. The van der Waals surface area contributed by atoms with Crippen LogP contribution in [-0.4, -0.2) is 41.4 Å². The van der Waals surface area contributed by atoms with Gasteiger partial charge in [0.25, 0.3) is 11.6 Å². The van der Waals surface area contributed by atoms with E-state index in [9.17, 15) is 24.5 Å². The summed E-state index contributed by atoms with van der Waals surface area (Å²) in [5.41, 5.74) is 1.17. The molecule has 0 unspecified atom stereocenters. The average molecular weight is 385 g/mol. The number of nitro benzene ring substituents is 1. The van der Waals surface area contributed by atoms with E-state index in [1.165, 1.54) is 18.2 Å². The van der Waals surface area contributed by atoms with Gasteiger partial charge in [0, 0.05) is 23.8 Å². The van der Waals surface area contributed by atoms with E-state index in [2.05, 4.69) is 10.1 Å². The van der Waals surface area contributed by atoms with Crippen LogP contribution in [0.25, 0.3) is 17.4 Å². The Morgan fingerprint density at radius 2 is 2.07 bits per heavy atom. The fourth-order valence-electron chi connectivity index (χ4n) is 2.62. The van der Waals surface area contributed by atoms with Crippen LogP contribution in [0.2, 0.25) is 0 Å². The number of hydrogen-bond acceptors (Lipinski definition) is 7. The first kappa shape index (κ1) is 18.8. The van der Waals surface area contributed by atoms with E-state index in [0.717, 1.165) is 12.7 Å². The maximum atomic E-state index is 12.3. The largest absolute Gasteiger partial charge is 0.468 e. The number of methoxy groups -OCH3 is 1. The molecule has 3 amide bonds. The Morgan fingerprint density at radius 3 is 2.75 bits per heavy atom. The van der Waals surface area contributed by atoms with E-state index in [1.54, 1.807) is 25.1 Å². The summed E-state index contributed by atoms with van der Waals surface area (Å²) in [6.45, 7) is 1.28. The number of nitrogens with zero attached hydrogens (tertiary/aromatic N) is 2. The Hall–Kier alpha value is -3.95. The van der Waals surface area contributed by atoms with E-state index < -0.39 is 29.4 Å². The summed E-state index contributed by atoms with van der Waals surface area (Å²) in [5.74, 6) is -0.799. The molecule has 10 heteroatoms. The molecule has 144 valence electrons. The molecule has 10 nitrogen and oxygen atoms in total. The minimum atomic E-state index is -0.747.